The van der Waals surface area contributed by atoms with Gasteiger partial charge in [0.15, 0.2) is 0 Å². The number of ether oxygens (including phenoxy) is 1. The van der Waals surface area contributed by atoms with Gasteiger partial charge in [0, 0.05) is 6.54 Å². The Hall–Kier alpha value is -1.36. The Morgan fingerprint density at radius 2 is 2.28 bits per heavy atom. The first kappa shape index (κ1) is 14.7. The van der Waals surface area contributed by atoms with E-state index < -0.39 is 0 Å². The molecule has 0 bridgehead atoms. The van der Waals surface area contributed by atoms with Crippen molar-refractivity contribution < 1.29 is 14.3 Å². The Balaban J connectivity index is 2.67. The van der Waals surface area contributed by atoms with Crippen LogP contribution in [0, 0.1) is 0 Å². The van der Waals surface area contributed by atoms with E-state index in [4.69, 9.17) is 4.74 Å². The topological polar surface area (TPSA) is 58.6 Å². The molecule has 0 radical (unpaired) electrons. The normalized spacial score (nSPS) is 22.0. The van der Waals surface area contributed by atoms with Crippen molar-refractivity contribution in [3.05, 3.63) is 12.7 Å². The van der Waals surface area contributed by atoms with Gasteiger partial charge in [-0.15, -0.1) is 6.58 Å². The minimum absolute atomic E-state index is 0.0781. The molecule has 0 aliphatic carbocycles. The van der Waals surface area contributed by atoms with Gasteiger partial charge in [0.2, 0.25) is 5.91 Å². The number of rotatable bonds is 5. The molecule has 2 atom stereocenters. The van der Waals surface area contributed by atoms with E-state index in [9.17, 15) is 9.59 Å². The van der Waals surface area contributed by atoms with Crippen LogP contribution < -0.4 is 5.32 Å². The molecule has 5 nitrogen and oxygen atoms in total. The molecule has 0 spiro atoms. The van der Waals surface area contributed by atoms with Crippen molar-refractivity contribution in [2.24, 2.45) is 0 Å². The molecule has 0 saturated carbocycles. The fourth-order valence-corrected chi connectivity index (χ4v) is 2.28. The molecular formula is C13H22N2O3. The van der Waals surface area contributed by atoms with Crippen molar-refractivity contribution in [2.75, 3.05) is 20.2 Å². The Morgan fingerprint density at radius 3 is 2.89 bits per heavy atom. The van der Waals surface area contributed by atoms with Gasteiger partial charge in [0.25, 0.3) is 0 Å². The van der Waals surface area contributed by atoms with Crippen molar-refractivity contribution in [1.82, 2.24) is 10.2 Å². The van der Waals surface area contributed by atoms with Crippen LogP contribution >= 0.6 is 0 Å². The number of hydrogen-bond acceptors (Lipinski definition) is 4. The molecule has 5 heteroatoms. The van der Waals surface area contributed by atoms with E-state index in [0.717, 1.165) is 25.8 Å². The third-order valence-corrected chi connectivity index (χ3v) is 3.32. The summed E-state index contributed by atoms with van der Waals surface area (Å²) in [6, 6.07) is -0.623. The summed E-state index contributed by atoms with van der Waals surface area (Å²) in [6.07, 6.45) is 4.40. The van der Waals surface area contributed by atoms with Gasteiger partial charge >= 0.3 is 5.97 Å². The van der Waals surface area contributed by atoms with Gasteiger partial charge in [-0.3, -0.25) is 14.5 Å². The van der Waals surface area contributed by atoms with Crippen LogP contribution in [0.15, 0.2) is 12.7 Å². The van der Waals surface area contributed by atoms with E-state index in [1.165, 1.54) is 7.11 Å². The summed E-state index contributed by atoms with van der Waals surface area (Å²) in [4.78, 5) is 25.5. The lowest BCUT2D eigenvalue weighted by Crippen LogP contribution is -2.54. The number of nitrogens with zero attached hydrogens (tertiary/aromatic N) is 1. The maximum atomic E-state index is 11.9. The molecular weight excluding hydrogens is 232 g/mol. The van der Waals surface area contributed by atoms with E-state index in [0.29, 0.717) is 6.54 Å². The average Bonchev–Trinajstić information content (AvgIpc) is 2.43. The summed E-state index contributed by atoms with van der Waals surface area (Å²) in [7, 11) is 1.39. The molecule has 0 aromatic heterocycles. The molecule has 1 amide bonds. The van der Waals surface area contributed by atoms with Crippen molar-refractivity contribution >= 4 is 11.9 Å². The molecule has 102 valence electrons. The molecule has 1 heterocycles. The van der Waals surface area contributed by atoms with Gasteiger partial charge < -0.3 is 10.1 Å². The Morgan fingerprint density at radius 1 is 1.56 bits per heavy atom. The zero-order chi connectivity index (χ0) is 13.5. The third-order valence-electron chi connectivity index (χ3n) is 3.32. The predicted molar refractivity (Wildman–Crippen MR) is 69.0 cm³/mol. The first-order valence-corrected chi connectivity index (χ1v) is 6.34. The number of nitrogens with one attached hydrogen (secondary N) is 1. The molecule has 1 saturated heterocycles. The maximum Gasteiger partial charge on any atom is 0.323 e. The van der Waals surface area contributed by atoms with Crippen molar-refractivity contribution in [1.29, 1.82) is 0 Å². The predicted octanol–water partition coefficient (Wildman–Crippen LogP) is 0.705. The number of amides is 1. The fourth-order valence-electron chi connectivity index (χ4n) is 2.28. The van der Waals surface area contributed by atoms with Gasteiger partial charge in [-0.25, -0.2) is 0 Å². The molecule has 1 aliphatic heterocycles. The quantitative estimate of drug-likeness (QED) is 0.580. The zero-order valence-corrected chi connectivity index (χ0v) is 11.1. The standard InChI is InChI=1S/C13H22N2O3/c1-4-8-14-12(16)10(2)15-9-6-5-7-11(15)13(17)18-3/h4,10-11H,1,5-9H2,2-3H3,(H,14,16). The molecule has 1 aliphatic rings. The second kappa shape index (κ2) is 7.16. The largest absolute Gasteiger partial charge is 0.468 e. The number of methoxy groups -OCH3 is 1. The van der Waals surface area contributed by atoms with Gasteiger partial charge in [-0.1, -0.05) is 12.5 Å². The molecule has 18 heavy (non-hydrogen) atoms. The first-order valence-electron chi connectivity index (χ1n) is 6.34. The lowest BCUT2D eigenvalue weighted by atomic mass is 10.00. The summed E-state index contributed by atoms with van der Waals surface area (Å²) < 4.78 is 4.80. The van der Waals surface area contributed by atoms with Crippen LogP contribution in [0.3, 0.4) is 0 Å². The van der Waals surface area contributed by atoms with Gasteiger partial charge in [0.05, 0.1) is 13.2 Å². The van der Waals surface area contributed by atoms with Crippen LogP contribution in [-0.4, -0.2) is 49.1 Å². The van der Waals surface area contributed by atoms with Crippen molar-refractivity contribution in [2.45, 2.75) is 38.3 Å². The third kappa shape index (κ3) is 3.57. The molecule has 1 rings (SSSR count). The molecule has 1 N–H and O–H groups in total. The average molecular weight is 254 g/mol. The molecule has 2 unspecified atom stereocenters. The summed E-state index contributed by atoms with van der Waals surface area (Å²) in [6.45, 7) is 6.57. The zero-order valence-electron chi connectivity index (χ0n) is 11.1. The second-order valence-electron chi connectivity index (χ2n) is 4.48. The highest BCUT2D eigenvalue weighted by Gasteiger charge is 2.34. The first-order chi connectivity index (χ1) is 8.61. The maximum absolute atomic E-state index is 11.9. The SMILES string of the molecule is C=CCNC(=O)C(C)N1CCCCC1C(=O)OC. The number of esters is 1. The lowest BCUT2D eigenvalue weighted by molar-refractivity contribution is -0.150. The van der Waals surface area contributed by atoms with E-state index in [1.807, 2.05) is 11.8 Å². The minimum atomic E-state index is -0.325. The van der Waals surface area contributed by atoms with Crippen molar-refractivity contribution in [3.63, 3.8) is 0 Å². The Labute approximate surface area is 108 Å². The number of carbonyl (C=O) groups excluding carboxylic acids is 2. The van der Waals surface area contributed by atoms with Gasteiger partial charge in [0.1, 0.15) is 6.04 Å². The van der Waals surface area contributed by atoms with E-state index in [2.05, 4.69) is 11.9 Å². The minimum Gasteiger partial charge on any atom is -0.468 e. The Kier molecular flexibility index (Phi) is 5.85. The van der Waals surface area contributed by atoms with Crippen molar-refractivity contribution in [3.8, 4) is 0 Å². The van der Waals surface area contributed by atoms with E-state index in [-0.39, 0.29) is 24.0 Å². The van der Waals surface area contributed by atoms with E-state index in [1.54, 1.807) is 6.08 Å². The summed E-state index contributed by atoms with van der Waals surface area (Å²) >= 11 is 0. The Bertz CT molecular complexity index is 317. The molecule has 0 aromatic carbocycles. The molecule has 0 aromatic rings. The van der Waals surface area contributed by atoms with Crippen LogP contribution in [0.1, 0.15) is 26.2 Å². The van der Waals surface area contributed by atoms with Crippen LogP contribution in [0.2, 0.25) is 0 Å². The smallest absolute Gasteiger partial charge is 0.323 e. The van der Waals surface area contributed by atoms with E-state index >= 15 is 0 Å². The highest BCUT2D eigenvalue weighted by molar-refractivity contribution is 5.83. The van der Waals surface area contributed by atoms with Gasteiger partial charge in [-0.05, 0) is 26.3 Å². The summed E-state index contributed by atoms with van der Waals surface area (Å²) in [5.41, 5.74) is 0. The highest BCUT2D eigenvalue weighted by Crippen LogP contribution is 2.20. The van der Waals surface area contributed by atoms with Gasteiger partial charge in [-0.2, -0.15) is 0 Å². The highest BCUT2D eigenvalue weighted by atomic mass is 16.5. The van der Waals surface area contributed by atoms with Crippen LogP contribution in [0.25, 0.3) is 0 Å². The monoisotopic (exact) mass is 254 g/mol. The lowest BCUT2D eigenvalue weighted by Gasteiger charge is -2.37. The number of likely N-dealkylation sites (tertiary alicyclic amines) is 1. The van der Waals surface area contributed by atoms with Crippen LogP contribution in [0.4, 0.5) is 0 Å². The molecule has 1 fully saturated rings. The fraction of sp³-hybridized carbons (Fsp3) is 0.692. The van der Waals surface area contributed by atoms with Crippen LogP contribution in [0.5, 0.6) is 0 Å². The number of hydrogen-bond donors (Lipinski definition) is 1. The number of piperidine rings is 1. The second-order valence-corrected chi connectivity index (χ2v) is 4.48. The number of carbonyl (C=O) groups is 2. The van der Waals surface area contributed by atoms with Crippen LogP contribution in [-0.2, 0) is 14.3 Å². The summed E-state index contributed by atoms with van der Waals surface area (Å²) in [5.74, 6) is -0.330. The summed E-state index contributed by atoms with van der Waals surface area (Å²) in [5, 5.41) is 2.76.